The maximum absolute atomic E-state index is 12.2. The summed E-state index contributed by atoms with van der Waals surface area (Å²) in [6, 6.07) is 17.7. The minimum atomic E-state index is -0.205. The maximum Gasteiger partial charge on any atom is 0.282 e. The van der Waals surface area contributed by atoms with Crippen LogP contribution in [0.3, 0.4) is 0 Å². The summed E-state index contributed by atoms with van der Waals surface area (Å²) in [6.07, 6.45) is 1.78. The Hall–Kier alpha value is -3.06. The van der Waals surface area contributed by atoms with E-state index in [9.17, 15) is 4.79 Å². The normalized spacial score (nSPS) is 10.9. The number of hydrogen-bond acceptors (Lipinski definition) is 5. The molecule has 2 heterocycles. The third kappa shape index (κ3) is 3.41. The van der Waals surface area contributed by atoms with Crippen LogP contribution >= 0.6 is 11.3 Å². The molecule has 0 saturated carbocycles. The van der Waals surface area contributed by atoms with E-state index in [-0.39, 0.29) is 5.91 Å². The highest BCUT2D eigenvalue weighted by molar-refractivity contribution is 7.13. The number of carbonyl (C=O) groups excluding carboxylic acids is 1. The Bertz CT molecular complexity index is 1010. The van der Waals surface area contributed by atoms with Crippen LogP contribution in [0.15, 0.2) is 60.9 Å². The number of para-hydroxylation sites is 2. The maximum atomic E-state index is 12.2. The van der Waals surface area contributed by atoms with Crippen molar-refractivity contribution in [1.29, 1.82) is 0 Å². The molecule has 0 aliphatic heterocycles. The summed E-state index contributed by atoms with van der Waals surface area (Å²) in [6.45, 7) is 1.02. The number of nitrogens with one attached hydrogen (secondary N) is 1. The molecule has 0 aliphatic carbocycles. The topological polar surface area (TPSA) is 72.7 Å². The molecule has 2 aromatic carbocycles. The molecule has 4 rings (SSSR count). The van der Waals surface area contributed by atoms with Gasteiger partial charge < -0.3 is 9.88 Å². The summed E-state index contributed by atoms with van der Waals surface area (Å²) in [5.41, 5.74) is 3.02. The number of amides is 1. The number of rotatable bonds is 5. The highest BCUT2D eigenvalue weighted by Crippen LogP contribution is 2.16. The van der Waals surface area contributed by atoms with Gasteiger partial charge in [0.25, 0.3) is 5.91 Å². The lowest BCUT2D eigenvalue weighted by atomic mass is 10.2. The van der Waals surface area contributed by atoms with Crippen LogP contribution in [0.2, 0.25) is 0 Å². The van der Waals surface area contributed by atoms with Gasteiger partial charge in [0.2, 0.25) is 5.01 Å². The van der Waals surface area contributed by atoms with Crippen molar-refractivity contribution in [1.82, 2.24) is 25.1 Å². The lowest BCUT2D eigenvalue weighted by Crippen LogP contribution is -2.22. The Balaban J connectivity index is 1.44. The zero-order valence-corrected chi connectivity index (χ0v) is 14.1. The first-order chi connectivity index (χ1) is 12.3. The molecule has 1 amide bonds. The second-order valence-corrected chi connectivity index (χ2v) is 6.59. The van der Waals surface area contributed by atoms with E-state index in [1.807, 2.05) is 59.2 Å². The minimum absolute atomic E-state index is 0.205. The SMILES string of the molecule is O=C(NCc1ccccc1)c1nnc(Cn2cnc3ccccc32)s1. The van der Waals surface area contributed by atoms with Crippen molar-refractivity contribution < 1.29 is 4.79 Å². The minimum Gasteiger partial charge on any atom is -0.346 e. The van der Waals surface area contributed by atoms with Gasteiger partial charge in [-0.15, -0.1) is 10.2 Å². The summed E-state index contributed by atoms with van der Waals surface area (Å²) < 4.78 is 2.00. The van der Waals surface area contributed by atoms with Gasteiger partial charge in [-0.25, -0.2) is 4.98 Å². The molecule has 0 radical (unpaired) electrons. The number of imidazole rings is 1. The molecule has 1 N–H and O–H groups in total. The van der Waals surface area contributed by atoms with E-state index in [2.05, 4.69) is 20.5 Å². The largest absolute Gasteiger partial charge is 0.346 e. The van der Waals surface area contributed by atoms with Gasteiger partial charge in [-0.05, 0) is 17.7 Å². The molecule has 124 valence electrons. The van der Waals surface area contributed by atoms with Crippen LogP contribution < -0.4 is 5.32 Å². The molecule has 0 aliphatic rings. The average molecular weight is 349 g/mol. The number of aromatic nitrogens is 4. The van der Waals surface area contributed by atoms with E-state index in [4.69, 9.17) is 0 Å². The van der Waals surface area contributed by atoms with E-state index in [1.165, 1.54) is 11.3 Å². The number of benzene rings is 2. The van der Waals surface area contributed by atoms with Gasteiger partial charge in [0, 0.05) is 6.54 Å². The van der Waals surface area contributed by atoms with Gasteiger partial charge in [0.1, 0.15) is 5.01 Å². The van der Waals surface area contributed by atoms with Crippen LogP contribution in [-0.4, -0.2) is 25.7 Å². The van der Waals surface area contributed by atoms with Crippen molar-refractivity contribution in [3.05, 3.63) is 76.5 Å². The molecule has 6 nitrogen and oxygen atoms in total. The fraction of sp³-hybridized carbons (Fsp3) is 0.111. The highest BCUT2D eigenvalue weighted by atomic mass is 32.1. The zero-order chi connectivity index (χ0) is 17.1. The summed E-state index contributed by atoms with van der Waals surface area (Å²) >= 11 is 1.30. The summed E-state index contributed by atoms with van der Waals surface area (Å²) in [5, 5.41) is 12.2. The number of fused-ring (bicyclic) bond motifs is 1. The Morgan fingerprint density at radius 2 is 1.84 bits per heavy atom. The zero-order valence-electron chi connectivity index (χ0n) is 13.3. The summed E-state index contributed by atoms with van der Waals surface area (Å²) in [4.78, 5) is 16.6. The van der Waals surface area contributed by atoms with Crippen molar-refractivity contribution in [3.8, 4) is 0 Å². The Morgan fingerprint density at radius 3 is 2.72 bits per heavy atom. The molecular weight excluding hydrogens is 334 g/mol. The van der Waals surface area contributed by atoms with Crippen molar-refractivity contribution in [2.45, 2.75) is 13.1 Å². The van der Waals surface area contributed by atoms with Gasteiger partial charge in [0.05, 0.1) is 23.9 Å². The quantitative estimate of drug-likeness (QED) is 0.601. The molecule has 25 heavy (non-hydrogen) atoms. The monoisotopic (exact) mass is 349 g/mol. The van der Waals surface area contributed by atoms with E-state index >= 15 is 0 Å². The average Bonchev–Trinajstić information content (AvgIpc) is 3.29. The lowest BCUT2D eigenvalue weighted by molar-refractivity contribution is 0.0950. The standard InChI is InChI=1S/C18H15N5OS/c24-17(19-10-13-6-2-1-3-7-13)18-22-21-16(25-18)11-23-12-20-14-8-4-5-9-15(14)23/h1-9,12H,10-11H2,(H,19,24). The summed E-state index contributed by atoms with van der Waals surface area (Å²) in [5.74, 6) is -0.205. The molecule has 0 bridgehead atoms. The van der Waals surface area contributed by atoms with Crippen LogP contribution in [0.5, 0.6) is 0 Å². The second-order valence-electron chi connectivity index (χ2n) is 5.53. The van der Waals surface area contributed by atoms with E-state index in [1.54, 1.807) is 6.33 Å². The predicted molar refractivity (Wildman–Crippen MR) is 96.4 cm³/mol. The molecular formula is C18H15N5OS. The fourth-order valence-corrected chi connectivity index (χ4v) is 3.30. The number of hydrogen-bond donors (Lipinski definition) is 1. The van der Waals surface area contributed by atoms with Crippen LogP contribution in [0.4, 0.5) is 0 Å². The Kier molecular flexibility index (Phi) is 4.22. The van der Waals surface area contributed by atoms with Gasteiger partial charge in [-0.1, -0.05) is 53.8 Å². The molecule has 0 atom stereocenters. The molecule has 0 saturated heterocycles. The highest BCUT2D eigenvalue weighted by Gasteiger charge is 2.13. The van der Waals surface area contributed by atoms with Crippen molar-refractivity contribution >= 4 is 28.3 Å². The Labute approximate surface area is 148 Å². The van der Waals surface area contributed by atoms with E-state index < -0.39 is 0 Å². The summed E-state index contributed by atoms with van der Waals surface area (Å²) in [7, 11) is 0. The molecule has 2 aromatic heterocycles. The number of nitrogens with zero attached hydrogens (tertiary/aromatic N) is 4. The first-order valence-corrected chi connectivity index (χ1v) is 8.65. The van der Waals surface area contributed by atoms with Crippen molar-refractivity contribution in [3.63, 3.8) is 0 Å². The smallest absolute Gasteiger partial charge is 0.282 e. The van der Waals surface area contributed by atoms with Gasteiger partial charge >= 0.3 is 0 Å². The first kappa shape index (κ1) is 15.5. The van der Waals surface area contributed by atoms with Crippen molar-refractivity contribution in [2.24, 2.45) is 0 Å². The lowest BCUT2D eigenvalue weighted by Gasteiger charge is -2.02. The van der Waals surface area contributed by atoms with Crippen LogP contribution in [0.1, 0.15) is 20.4 Å². The van der Waals surface area contributed by atoms with Crippen LogP contribution in [-0.2, 0) is 13.1 Å². The first-order valence-electron chi connectivity index (χ1n) is 7.84. The third-order valence-electron chi connectivity index (χ3n) is 3.79. The number of carbonyl (C=O) groups is 1. The molecule has 7 heteroatoms. The van der Waals surface area contributed by atoms with Gasteiger partial charge in [0.15, 0.2) is 0 Å². The molecule has 0 unspecified atom stereocenters. The Morgan fingerprint density at radius 1 is 1.04 bits per heavy atom. The molecule has 0 spiro atoms. The van der Waals surface area contributed by atoms with E-state index in [0.29, 0.717) is 18.1 Å². The van der Waals surface area contributed by atoms with Gasteiger partial charge in [-0.3, -0.25) is 4.79 Å². The molecule has 4 aromatic rings. The fourth-order valence-electron chi connectivity index (χ4n) is 2.55. The van der Waals surface area contributed by atoms with Crippen LogP contribution in [0, 0.1) is 0 Å². The van der Waals surface area contributed by atoms with E-state index in [0.717, 1.165) is 21.6 Å². The van der Waals surface area contributed by atoms with Gasteiger partial charge in [-0.2, -0.15) is 0 Å². The van der Waals surface area contributed by atoms with Crippen molar-refractivity contribution in [2.75, 3.05) is 0 Å². The molecule has 0 fully saturated rings. The third-order valence-corrected chi connectivity index (χ3v) is 4.70. The predicted octanol–water partition coefficient (Wildman–Crippen LogP) is 2.87. The van der Waals surface area contributed by atoms with Crippen LogP contribution in [0.25, 0.3) is 11.0 Å². The second kappa shape index (κ2) is 6.82.